The Bertz CT molecular complexity index is 585. The SMILES string of the molecule is CC(C)N(CC(F)(F)F)c1ccc(N)cc1S(N)(=O)=O. The monoisotopic (exact) mass is 311 g/mol. The van der Waals surface area contributed by atoms with Crippen molar-refractivity contribution in [2.75, 3.05) is 17.2 Å². The number of hydrogen-bond donors (Lipinski definition) is 2. The van der Waals surface area contributed by atoms with Crippen molar-refractivity contribution in [2.24, 2.45) is 5.14 Å². The maximum Gasteiger partial charge on any atom is 0.405 e. The van der Waals surface area contributed by atoms with E-state index in [4.69, 9.17) is 10.9 Å². The lowest BCUT2D eigenvalue weighted by Crippen LogP contribution is -2.40. The van der Waals surface area contributed by atoms with Crippen molar-refractivity contribution >= 4 is 21.4 Å². The average molecular weight is 311 g/mol. The Hall–Kier alpha value is -1.48. The van der Waals surface area contributed by atoms with Gasteiger partial charge in [-0.25, -0.2) is 13.6 Å². The molecule has 9 heteroatoms. The minimum absolute atomic E-state index is 0.105. The second-order valence-electron chi connectivity index (χ2n) is 4.61. The van der Waals surface area contributed by atoms with E-state index in [1.54, 1.807) is 0 Å². The molecule has 0 aromatic heterocycles. The van der Waals surface area contributed by atoms with Crippen LogP contribution in [0.3, 0.4) is 0 Å². The summed E-state index contributed by atoms with van der Waals surface area (Å²) in [6.45, 7) is 1.77. The van der Waals surface area contributed by atoms with Gasteiger partial charge in [0.2, 0.25) is 10.0 Å². The molecule has 0 atom stereocenters. The fraction of sp³-hybridized carbons (Fsp3) is 0.455. The summed E-state index contributed by atoms with van der Waals surface area (Å²) in [5, 5.41) is 5.04. The Balaban J connectivity index is 3.42. The van der Waals surface area contributed by atoms with Gasteiger partial charge in [-0.05, 0) is 32.0 Å². The largest absolute Gasteiger partial charge is 0.405 e. The summed E-state index contributed by atoms with van der Waals surface area (Å²) in [6.07, 6.45) is -4.47. The van der Waals surface area contributed by atoms with E-state index in [0.29, 0.717) is 0 Å². The lowest BCUT2D eigenvalue weighted by Gasteiger charge is -2.31. The second kappa shape index (κ2) is 5.49. The molecule has 20 heavy (non-hydrogen) atoms. The number of rotatable bonds is 4. The van der Waals surface area contributed by atoms with Crippen molar-refractivity contribution in [3.8, 4) is 0 Å². The van der Waals surface area contributed by atoms with E-state index >= 15 is 0 Å². The fourth-order valence-corrected chi connectivity index (χ4v) is 2.51. The summed E-state index contributed by atoms with van der Waals surface area (Å²) in [7, 11) is -4.18. The lowest BCUT2D eigenvalue weighted by atomic mass is 10.2. The van der Waals surface area contributed by atoms with Crippen molar-refractivity contribution in [1.82, 2.24) is 0 Å². The smallest absolute Gasteiger partial charge is 0.399 e. The molecule has 0 bridgehead atoms. The van der Waals surface area contributed by atoms with Crippen LogP contribution in [0, 0.1) is 0 Å². The van der Waals surface area contributed by atoms with Gasteiger partial charge in [-0.1, -0.05) is 0 Å². The first kappa shape index (κ1) is 16.6. The van der Waals surface area contributed by atoms with Crippen LogP contribution in [0.5, 0.6) is 0 Å². The van der Waals surface area contributed by atoms with E-state index < -0.39 is 33.7 Å². The highest BCUT2D eigenvalue weighted by Crippen LogP contribution is 2.30. The summed E-state index contributed by atoms with van der Waals surface area (Å²) in [4.78, 5) is 0.495. The molecule has 4 N–H and O–H groups in total. The lowest BCUT2D eigenvalue weighted by molar-refractivity contribution is -0.120. The van der Waals surface area contributed by atoms with Crippen LogP contribution in [0.1, 0.15) is 13.8 Å². The van der Waals surface area contributed by atoms with E-state index in [9.17, 15) is 21.6 Å². The predicted molar refractivity (Wildman–Crippen MR) is 70.8 cm³/mol. The van der Waals surface area contributed by atoms with Crippen LogP contribution >= 0.6 is 0 Å². The van der Waals surface area contributed by atoms with Crippen molar-refractivity contribution in [2.45, 2.75) is 31.0 Å². The Labute approximate surface area is 115 Å². The molecule has 0 radical (unpaired) electrons. The fourth-order valence-electron chi connectivity index (χ4n) is 1.73. The highest BCUT2D eigenvalue weighted by molar-refractivity contribution is 7.89. The van der Waals surface area contributed by atoms with Gasteiger partial charge in [0.25, 0.3) is 0 Å². The van der Waals surface area contributed by atoms with Gasteiger partial charge < -0.3 is 10.6 Å². The van der Waals surface area contributed by atoms with Crippen LogP contribution < -0.4 is 15.8 Å². The molecule has 1 aromatic carbocycles. The molecule has 5 nitrogen and oxygen atoms in total. The Morgan fingerprint density at radius 3 is 2.25 bits per heavy atom. The molecule has 0 amide bonds. The number of anilines is 2. The summed E-state index contributed by atoms with van der Waals surface area (Å²) < 4.78 is 60.9. The van der Waals surface area contributed by atoms with Crippen LogP contribution in [-0.4, -0.2) is 27.2 Å². The van der Waals surface area contributed by atoms with E-state index in [0.717, 1.165) is 11.0 Å². The first-order valence-corrected chi connectivity index (χ1v) is 7.22. The Morgan fingerprint density at radius 2 is 1.85 bits per heavy atom. The Morgan fingerprint density at radius 1 is 1.30 bits per heavy atom. The highest BCUT2D eigenvalue weighted by atomic mass is 32.2. The molecule has 0 aliphatic heterocycles. The first-order valence-electron chi connectivity index (χ1n) is 5.67. The average Bonchev–Trinajstić information content (AvgIpc) is 2.23. The molecule has 1 aromatic rings. The van der Waals surface area contributed by atoms with Gasteiger partial charge in [0.1, 0.15) is 11.4 Å². The molecule has 0 fully saturated rings. The number of hydrogen-bond acceptors (Lipinski definition) is 4. The summed E-state index contributed by atoms with van der Waals surface area (Å²) in [5.74, 6) is 0. The molecular weight excluding hydrogens is 295 g/mol. The topological polar surface area (TPSA) is 89.4 Å². The number of sulfonamides is 1. The highest BCUT2D eigenvalue weighted by Gasteiger charge is 2.33. The molecule has 0 aliphatic carbocycles. The van der Waals surface area contributed by atoms with Gasteiger partial charge in [-0.15, -0.1) is 0 Å². The first-order chi connectivity index (χ1) is 8.92. The number of benzene rings is 1. The number of nitrogens with zero attached hydrogens (tertiary/aromatic N) is 1. The molecule has 1 rings (SSSR count). The molecule has 0 saturated carbocycles. The molecule has 0 heterocycles. The number of primary sulfonamides is 1. The van der Waals surface area contributed by atoms with Gasteiger partial charge >= 0.3 is 6.18 Å². The van der Waals surface area contributed by atoms with Crippen LogP contribution in [0.15, 0.2) is 23.1 Å². The molecule has 0 spiro atoms. The minimum Gasteiger partial charge on any atom is -0.399 e. The van der Waals surface area contributed by atoms with Gasteiger partial charge in [-0.3, -0.25) is 0 Å². The standard InChI is InChI=1S/C11H16F3N3O2S/c1-7(2)17(6-11(12,13)14)9-4-3-8(15)5-10(9)20(16,18)19/h3-5,7H,6,15H2,1-2H3,(H2,16,18,19). The predicted octanol–water partition coefficient (Wildman–Crippen LogP) is 1.69. The second-order valence-corrected chi connectivity index (χ2v) is 6.14. The van der Waals surface area contributed by atoms with Crippen molar-refractivity contribution in [3.63, 3.8) is 0 Å². The van der Waals surface area contributed by atoms with Crippen LogP contribution in [0.25, 0.3) is 0 Å². The summed E-state index contributed by atoms with van der Waals surface area (Å²) in [6, 6.07) is 3.04. The number of nitrogen functional groups attached to an aromatic ring is 1. The third kappa shape index (κ3) is 4.27. The third-order valence-electron chi connectivity index (χ3n) is 2.57. The number of halogens is 3. The molecule has 0 unspecified atom stereocenters. The van der Waals surface area contributed by atoms with E-state index in [1.165, 1.54) is 26.0 Å². The molecule has 114 valence electrons. The zero-order valence-electron chi connectivity index (χ0n) is 11.0. The van der Waals surface area contributed by atoms with Gasteiger partial charge in [0, 0.05) is 11.7 Å². The Kier molecular flexibility index (Phi) is 4.55. The normalized spacial score (nSPS) is 12.8. The molecule has 0 aliphatic rings. The molecule has 0 saturated heterocycles. The van der Waals surface area contributed by atoms with E-state index in [-0.39, 0.29) is 11.4 Å². The number of alkyl halides is 3. The minimum atomic E-state index is -4.47. The molecular formula is C11H16F3N3O2S. The van der Waals surface area contributed by atoms with Crippen LogP contribution in [0.4, 0.5) is 24.5 Å². The maximum atomic E-state index is 12.6. The van der Waals surface area contributed by atoms with Gasteiger partial charge in [-0.2, -0.15) is 13.2 Å². The van der Waals surface area contributed by atoms with Gasteiger partial charge in [0.15, 0.2) is 0 Å². The number of nitrogens with two attached hydrogens (primary N) is 2. The van der Waals surface area contributed by atoms with Gasteiger partial charge in [0.05, 0.1) is 5.69 Å². The van der Waals surface area contributed by atoms with Crippen LogP contribution in [-0.2, 0) is 10.0 Å². The van der Waals surface area contributed by atoms with E-state index in [2.05, 4.69) is 0 Å². The summed E-state index contributed by atoms with van der Waals surface area (Å²) >= 11 is 0. The van der Waals surface area contributed by atoms with Crippen molar-refractivity contribution in [3.05, 3.63) is 18.2 Å². The van der Waals surface area contributed by atoms with Crippen molar-refractivity contribution in [1.29, 1.82) is 0 Å². The zero-order chi connectivity index (χ0) is 15.7. The van der Waals surface area contributed by atoms with E-state index in [1.807, 2.05) is 0 Å². The summed E-state index contributed by atoms with van der Waals surface area (Å²) in [5.41, 5.74) is 5.46. The quantitative estimate of drug-likeness (QED) is 0.828. The van der Waals surface area contributed by atoms with Crippen LogP contribution in [0.2, 0.25) is 0 Å². The zero-order valence-corrected chi connectivity index (χ0v) is 11.8. The van der Waals surface area contributed by atoms with Crippen molar-refractivity contribution < 1.29 is 21.6 Å². The third-order valence-corrected chi connectivity index (χ3v) is 3.51. The maximum absolute atomic E-state index is 12.6.